The second-order valence-electron chi connectivity index (χ2n) is 3.81. The summed E-state index contributed by atoms with van der Waals surface area (Å²) in [5.41, 5.74) is 0.926. The van der Waals surface area contributed by atoms with E-state index in [0.717, 1.165) is 11.0 Å². The number of hydrogen-bond donors (Lipinski definition) is 1. The molecule has 0 saturated heterocycles. The molecule has 0 unspecified atom stereocenters. The SMILES string of the molecule is CSc1cccc(NC(=O)c2ccc(F)cc2Cl)c1. The molecule has 2 nitrogen and oxygen atoms in total. The fourth-order valence-electron chi connectivity index (χ4n) is 1.57. The molecule has 19 heavy (non-hydrogen) atoms. The minimum atomic E-state index is -0.467. The van der Waals surface area contributed by atoms with Crippen molar-refractivity contribution in [2.24, 2.45) is 0 Å². The summed E-state index contributed by atoms with van der Waals surface area (Å²) >= 11 is 7.43. The maximum absolute atomic E-state index is 12.9. The molecule has 2 rings (SSSR count). The van der Waals surface area contributed by atoms with E-state index in [0.29, 0.717) is 5.69 Å². The number of benzene rings is 2. The first-order valence-electron chi connectivity index (χ1n) is 5.50. The lowest BCUT2D eigenvalue weighted by atomic mass is 10.2. The molecule has 0 heterocycles. The topological polar surface area (TPSA) is 29.1 Å². The van der Waals surface area contributed by atoms with Crippen molar-refractivity contribution >= 4 is 35.0 Å². The Kier molecular flexibility index (Phi) is 4.45. The molecule has 0 aliphatic carbocycles. The molecule has 0 saturated carbocycles. The normalized spacial score (nSPS) is 10.3. The fraction of sp³-hybridized carbons (Fsp3) is 0.0714. The van der Waals surface area contributed by atoms with Gasteiger partial charge in [-0.2, -0.15) is 0 Å². The molecule has 2 aromatic carbocycles. The lowest BCUT2D eigenvalue weighted by molar-refractivity contribution is 0.102. The Balaban J connectivity index is 2.20. The summed E-state index contributed by atoms with van der Waals surface area (Å²) < 4.78 is 12.9. The number of amides is 1. The van der Waals surface area contributed by atoms with Crippen LogP contribution in [-0.4, -0.2) is 12.2 Å². The van der Waals surface area contributed by atoms with E-state index in [1.165, 1.54) is 12.1 Å². The molecule has 0 fully saturated rings. The summed E-state index contributed by atoms with van der Waals surface area (Å²) in [5.74, 6) is -0.825. The van der Waals surface area contributed by atoms with E-state index in [1.54, 1.807) is 17.8 Å². The van der Waals surface area contributed by atoms with Gasteiger partial charge in [0.2, 0.25) is 0 Å². The Hall–Kier alpha value is -1.52. The molecular formula is C14H11ClFNOS. The Labute approximate surface area is 120 Å². The van der Waals surface area contributed by atoms with E-state index < -0.39 is 5.82 Å². The van der Waals surface area contributed by atoms with Crippen LogP contribution in [0, 0.1) is 5.82 Å². The van der Waals surface area contributed by atoms with Crippen molar-refractivity contribution in [2.75, 3.05) is 11.6 Å². The number of halogens is 2. The third kappa shape index (κ3) is 3.49. The zero-order chi connectivity index (χ0) is 13.8. The van der Waals surface area contributed by atoms with Gasteiger partial charge < -0.3 is 5.32 Å². The molecule has 0 aliphatic rings. The van der Waals surface area contributed by atoms with E-state index in [4.69, 9.17) is 11.6 Å². The number of anilines is 1. The van der Waals surface area contributed by atoms with Gasteiger partial charge in [0.1, 0.15) is 5.82 Å². The van der Waals surface area contributed by atoms with Crippen LogP contribution in [0.5, 0.6) is 0 Å². The number of carbonyl (C=O) groups excluding carboxylic acids is 1. The van der Waals surface area contributed by atoms with Gasteiger partial charge in [-0.15, -0.1) is 11.8 Å². The molecule has 0 bridgehead atoms. The highest BCUT2D eigenvalue weighted by atomic mass is 35.5. The summed E-state index contributed by atoms with van der Waals surface area (Å²) in [6.07, 6.45) is 1.96. The highest BCUT2D eigenvalue weighted by Crippen LogP contribution is 2.21. The number of carbonyl (C=O) groups is 1. The van der Waals surface area contributed by atoms with Gasteiger partial charge in [-0.1, -0.05) is 17.7 Å². The van der Waals surface area contributed by atoms with Crippen LogP contribution in [0.2, 0.25) is 5.02 Å². The average molecular weight is 296 g/mol. The van der Waals surface area contributed by atoms with Crippen LogP contribution in [0.15, 0.2) is 47.4 Å². The van der Waals surface area contributed by atoms with Crippen molar-refractivity contribution in [1.29, 1.82) is 0 Å². The summed E-state index contributed by atoms with van der Waals surface area (Å²) in [6, 6.07) is 11.1. The number of rotatable bonds is 3. The molecule has 1 N–H and O–H groups in total. The van der Waals surface area contributed by atoms with Gasteiger partial charge >= 0.3 is 0 Å². The van der Waals surface area contributed by atoms with Gasteiger partial charge in [0, 0.05) is 10.6 Å². The van der Waals surface area contributed by atoms with Crippen molar-refractivity contribution in [3.8, 4) is 0 Å². The molecule has 5 heteroatoms. The first-order chi connectivity index (χ1) is 9.10. The van der Waals surface area contributed by atoms with Crippen molar-refractivity contribution in [3.63, 3.8) is 0 Å². The molecule has 0 radical (unpaired) electrons. The molecular weight excluding hydrogens is 285 g/mol. The summed E-state index contributed by atoms with van der Waals surface area (Å²) in [6.45, 7) is 0. The Morgan fingerprint density at radius 2 is 2.05 bits per heavy atom. The molecule has 2 aromatic rings. The van der Waals surface area contributed by atoms with E-state index in [2.05, 4.69) is 5.32 Å². The van der Waals surface area contributed by atoms with Gasteiger partial charge in [-0.3, -0.25) is 4.79 Å². The standard InChI is InChI=1S/C14H11ClFNOS/c1-19-11-4-2-3-10(8-11)17-14(18)12-6-5-9(16)7-13(12)15/h2-8H,1H3,(H,17,18). The molecule has 0 spiro atoms. The van der Waals surface area contributed by atoms with Crippen molar-refractivity contribution < 1.29 is 9.18 Å². The molecule has 0 aliphatic heterocycles. The van der Waals surface area contributed by atoms with Crippen LogP contribution in [0.25, 0.3) is 0 Å². The highest BCUT2D eigenvalue weighted by Gasteiger charge is 2.11. The lowest BCUT2D eigenvalue weighted by Crippen LogP contribution is -2.12. The summed E-state index contributed by atoms with van der Waals surface area (Å²) in [7, 11) is 0. The summed E-state index contributed by atoms with van der Waals surface area (Å²) in [4.78, 5) is 13.1. The van der Waals surface area contributed by atoms with Crippen LogP contribution in [0.1, 0.15) is 10.4 Å². The van der Waals surface area contributed by atoms with Gasteiger partial charge in [0.25, 0.3) is 5.91 Å². The smallest absolute Gasteiger partial charge is 0.257 e. The second kappa shape index (κ2) is 6.08. The number of thioether (sulfide) groups is 1. The maximum Gasteiger partial charge on any atom is 0.257 e. The van der Waals surface area contributed by atoms with Gasteiger partial charge in [-0.05, 0) is 42.7 Å². The van der Waals surface area contributed by atoms with E-state index >= 15 is 0 Å². The largest absolute Gasteiger partial charge is 0.322 e. The van der Waals surface area contributed by atoms with E-state index in [9.17, 15) is 9.18 Å². The Morgan fingerprint density at radius 1 is 1.26 bits per heavy atom. The van der Waals surface area contributed by atoms with Gasteiger partial charge in [0.15, 0.2) is 0 Å². The zero-order valence-electron chi connectivity index (χ0n) is 10.1. The molecule has 1 amide bonds. The van der Waals surface area contributed by atoms with Crippen molar-refractivity contribution in [2.45, 2.75) is 4.90 Å². The maximum atomic E-state index is 12.9. The van der Waals surface area contributed by atoms with Crippen LogP contribution < -0.4 is 5.32 Å². The Morgan fingerprint density at radius 3 is 2.74 bits per heavy atom. The third-order valence-corrected chi connectivity index (χ3v) is 3.54. The second-order valence-corrected chi connectivity index (χ2v) is 5.10. The number of nitrogens with one attached hydrogen (secondary N) is 1. The first kappa shape index (κ1) is 13.9. The van der Waals surface area contributed by atoms with Crippen molar-refractivity contribution in [1.82, 2.24) is 0 Å². The van der Waals surface area contributed by atoms with Gasteiger partial charge in [0.05, 0.1) is 10.6 Å². The Bertz CT molecular complexity index is 618. The summed E-state index contributed by atoms with van der Waals surface area (Å²) in [5, 5.41) is 2.83. The van der Waals surface area contributed by atoms with Crippen LogP contribution in [-0.2, 0) is 0 Å². The van der Waals surface area contributed by atoms with Crippen LogP contribution in [0.4, 0.5) is 10.1 Å². The minimum Gasteiger partial charge on any atom is -0.322 e. The molecule has 98 valence electrons. The zero-order valence-corrected chi connectivity index (χ0v) is 11.7. The lowest BCUT2D eigenvalue weighted by Gasteiger charge is -2.07. The fourth-order valence-corrected chi connectivity index (χ4v) is 2.29. The van der Waals surface area contributed by atoms with Crippen LogP contribution in [0.3, 0.4) is 0 Å². The number of hydrogen-bond acceptors (Lipinski definition) is 2. The molecule has 0 atom stereocenters. The minimum absolute atomic E-state index is 0.0959. The first-order valence-corrected chi connectivity index (χ1v) is 7.11. The quantitative estimate of drug-likeness (QED) is 0.847. The van der Waals surface area contributed by atoms with Crippen molar-refractivity contribution in [3.05, 3.63) is 58.9 Å². The third-order valence-electron chi connectivity index (χ3n) is 2.50. The van der Waals surface area contributed by atoms with E-state index in [-0.39, 0.29) is 16.5 Å². The van der Waals surface area contributed by atoms with E-state index in [1.807, 2.05) is 24.5 Å². The highest BCUT2D eigenvalue weighted by molar-refractivity contribution is 7.98. The molecule has 0 aromatic heterocycles. The van der Waals surface area contributed by atoms with Gasteiger partial charge in [-0.25, -0.2) is 4.39 Å². The monoisotopic (exact) mass is 295 g/mol. The van der Waals surface area contributed by atoms with Crippen LogP contribution >= 0.6 is 23.4 Å². The average Bonchev–Trinajstić information content (AvgIpc) is 2.38. The predicted octanol–water partition coefficient (Wildman–Crippen LogP) is 4.45. The predicted molar refractivity (Wildman–Crippen MR) is 77.6 cm³/mol.